The quantitative estimate of drug-likeness (QED) is 0.778. The number of benzene rings is 1. The number of pyridine rings is 1. The summed E-state index contributed by atoms with van der Waals surface area (Å²) in [4.78, 5) is 0. The summed E-state index contributed by atoms with van der Waals surface area (Å²) < 4.78 is 7.15. The highest BCUT2D eigenvalue weighted by Crippen LogP contribution is 2.21. The molecule has 0 aliphatic carbocycles. The lowest BCUT2D eigenvalue weighted by molar-refractivity contribution is 0.390. The van der Waals surface area contributed by atoms with Gasteiger partial charge in [0.25, 0.3) is 0 Å². The first-order valence-corrected chi connectivity index (χ1v) is 5.93. The van der Waals surface area contributed by atoms with Gasteiger partial charge in [0.2, 0.25) is 5.88 Å². The first kappa shape index (κ1) is 11.5. The van der Waals surface area contributed by atoms with Gasteiger partial charge in [0.1, 0.15) is 11.6 Å². The maximum Gasteiger partial charge on any atom is 0.200 e. The summed E-state index contributed by atoms with van der Waals surface area (Å²) in [6.45, 7) is 0. The molecule has 0 fully saturated rings. The van der Waals surface area contributed by atoms with Crippen LogP contribution in [0.3, 0.4) is 0 Å². The van der Waals surface area contributed by atoms with E-state index in [2.05, 4.69) is 10.2 Å². The van der Waals surface area contributed by atoms with Crippen LogP contribution in [-0.2, 0) is 6.42 Å². The Morgan fingerprint density at radius 3 is 2.74 bits per heavy atom. The lowest BCUT2D eigenvalue weighted by Crippen LogP contribution is -2.00. The number of phenolic OH excluding ortho intramolecular Hbond substituents is 1. The molecule has 96 valence electrons. The maximum absolute atomic E-state index is 9.82. The van der Waals surface area contributed by atoms with Gasteiger partial charge in [0.05, 0.1) is 7.11 Å². The van der Waals surface area contributed by atoms with Crippen molar-refractivity contribution in [2.24, 2.45) is 0 Å². The average molecular weight is 255 g/mol. The van der Waals surface area contributed by atoms with Crippen molar-refractivity contribution in [3.63, 3.8) is 0 Å². The molecule has 2 heterocycles. The van der Waals surface area contributed by atoms with Crippen molar-refractivity contribution in [3.05, 3.63) is 53.9 Å². The molecule has 0 aliphatic rings. The minimum absolute atomic E-state index is 0.258. The summed E-state index contributed by atoms with van der Waals surface area (Å²) in [5.74, 6) is 1.66. The smallest absolute Gasteiger partial charge is 0.200 e. The summed E-state index contributed by atoms with van der Waals surface area (Å²) in [6.07, 6.45) is 0.494. The summed E-state index contributed by atoms with van der Waals surface area (Å²) in [5.41, 5.74) is 1.53. The number of fused-ring (bicyclic) bond motifs is 1. The lowest BCUT2D eigenvalue weighted by atomic mass is 10.1. The fourth-order valence-electron chi connectivity index (χ4n) is 2.07. The normalized spacial score (nSPS) is 10.8. The number of nitrogens with zero attached hydrogens (tertiary/aromatic N) is 3. The van der Waals surface area contributed by atoms with Crippen LogP contribution in [0.15, 0.2) is 42.5 Å². The Labute approximate surface area is 110 Å². The van der Waals surface area contributed by atoms with Crippen LogP contribution < -0.4 is 4.74 Å². The van der Waals surface area contributed by atoms with Crippen LogP contribution in [0.4, 0.5) is 0 Å². The molecule has 0 unspecified atom stereocenters. The molecule has 0 radical (unpaired) electrons. The van der Waals surface area contributed by atoms with E-state index in [1.54, 1.807) is 19.2 Å². The Morgan fingerprint density at radius 2 is 1.95 bits per heavy atom. The number of ether oxygens (including phenoxy) is 1. The van der Waals surface area contributed by atoms with Gasteiger partial charge in [-0.2, -0.15) is 0 Å². The highest BCUT2D eigenvalue weighted by molar-refractivity contribution is 5.43. The fourth-order valence-corrected chi connectivity index (χ4v) is 2.07. The predicted molar refractivity (Wildman–Crippen MR) is 70.5 cm³/mol. The molecule has 0 amide bonds. The van der Waals surface area contributed by atoms with Crippen molar-refractivity contribution < 1.29 is 9.84 Å². The van der Waals surface area contributed by atoms with Crippen molar-refractivity contribution in [2.45, 2.75) is 6.42 Å². The van der Waals surface area contributed by atoms with Crippen molar-refractivity contribution in [1.29, 1.82) is 0 Å². The number of methoxy groups -OCH3 is 1. The van der Waals surface area contributed by atoms with Crippen molar-refractivity contribution >= 4 is 5.65 Å². The van der Waals surface area contributed by atoms with Gasteiger partial charge in [-0.05, 0) is 18.2 Å². The second kappa shape index (κ2) is 4.61. The molecule has 1 N–H and O–H groups in total. The van der Waals surface area contributed by atoms with Crippen LogP contribution in [0.25, 0.3) is 5.65 Å². The number of phenols is 1. The van der Waals surface area contributed by atoms with E-state index in [1.165, 1.54) is 0 Å². The molecule has 2 aromatic heterocycles. The van der Waals surface area contributed by atoms with Crippen LogP contribution >= 0.6 is 0 Å². The second-order valence-corrected chi connectivity index (χ2v) is 4.18. The van der Waals surface area contributed by atoms with Crippen LogP contribution in [0.2, 0.25) is 0 Å². The molecule has 0 saturated carbocycles. The summed E-state index contributed by atoms with van der Waals surface area (Å²) in [7, 11) is 1.61. The van der Waals surface area contributed by atoms with E-state index in [-0.39, 0.29) is 5.75 Å². The van der Waals surface area contributed by atoms with Crippen molar-refractivity contribution in [3.8, 4) is 11.6 Å². The minimum Gasteiger partial charge on any atom is -0.508 e. The first-order valence-electron chi connectivity index (χ1n) is 5.93. The molecule has 0 saturated heterocycles. The summed E-state index contributed by atoms with van der Waals surface area (Å²) >= 11 is 0. The molecule has 1 aromatic carbocycles. The van der Waals surface area contributed by atoms with E-state index in [0.717, 1.165) is 17.0 Å². The fraction of sp³-hybridized carbons (Fsp3) is 0.143. The zero-order chi connectivity index (χ0) is 13.2. The molecular formula is C14H13N3O2. The van der Waals surface area contributed by atoms with Gasteiger partial charge in [-0.1, -0.05) is 24.3 Å². The molecule has 0 spiro atoms. The number of para-hydroxylation sites is 1. The van der Waals surface area contributed by atoms with Gasteiger partial charge in [-0.3, -0.25) is 0 Å². The molecule has 3 aromatic rings. The SMILES string of the molecule is COc1cccc2nnc(Cc3ccccc3O)n12. The minimum atomic E-state index is 0.258. The van der Waals surface area contributed by atoms with E-state index >= 15 is 0 Å². The Hall–Kier alpha value is -2.56. The Balaban J connectivity index is 2.09. The van der Waals surface area contributed by atoms with E-state index in [0.29, 0.717) is 12.3 Å². The predicted octanol–water partition coefficient (Wildman–Crippen LogP) is 2.03. The lowest BCUT2D eigenvalue weighted by Gasteiger charge is -2.06. The highest BCUT2D eigenvalue weighted by atomic mass is 16.5. The van der Waals surface area contributed by atoms with E-state index in [4.69, 9.17) is 4.74 Å². The summed E-state index contributed by atoms with van der Waals surface area (Å²) in [5, 5.41) is 18.1. The Bertz CT molecular complexity index is 722. The van der Waals surface area contributed by atoms with Gasteiger partial charge in [0, 0.05) is 12.0 Å². The van der Waals surface area contributed by atoms with Crippen molar-refractivity contribution in [2.75, 3.05) is 7.11 Å². The molecule has 5 nitrogen and oxygen atoms in total. The molecule has 19 heavy (non-hydrogen) atoms. The molecular weight excluding hydrogens is 242 g/mol. The van der Waals surface area contributed by atoms with Gasteiger partial charge < -0.3 is 9.84 Å². The van der Waals surface area contributed by atoms with Gasteiger partial charge in [-0.15, -0.1) is 10.2 Å². The topological polar surface area (TPSA) is 59.7 Å². The number of rotatable bonds is 3. The Morgan fingerprint density at radius 1 is 1.11 bits per heavy atom. The van der Waals surface area contributed by atoms with E-state index < -0.39 is 0 Å². The van der Waals surface area contributed by atoms with E-state index in [1.807, 2.05) is 34.7 Å². The third-order valence-corrected chi connectivity index (χ3v) is 3.01. The van der Waals surface area contributed by atoms with Crippen molar-refractivity contribution in [1.82, 2.24) is 14.6 Å². The highest BCUT2D eigenvalue weighted by Gasteiger charge is 2.11. The molecule has 5 heteroatoms. The summed E-state index contributed by atoms with van der Waals surface area (Å²) in [6, 6.07) is 12.8. The number of hydrogen-bond acceptors (Lipinski definition) is 4. The molecule has 0 bridgehead atoms. The molecule has 3 rings (SSSR count). The third-order valence-electron chi connectivity index (χ3n) is 3.01. The van der Waals surface area contributed by atoms with E-state index in [9.17, 15) is 5.11 Å². The standard InChI is InChI=1S/C14H13N3O2/c1-19-14-8-4-7-12-15-16-13(17(12)14)9-10-5-2-3-6-11(10)18/h2-8,18H,9H2,1H3. The van der Waals surface area contributed by atoms with Crippen LogP contribution in [0.1, 0.15) is 11.4 Å². The second-order valence-electron chi connectivity index (χ2n) is 4.18. The number of hydrogen-bond donors (Lipinski definition) is 1. The van der Waals surface area contributed by atoms with Gasteiger partial charge >= 0.3 is 0 Å². The zero-order valence-electron chi connectivity index (χ0n) is 10.4. The average Bonchev–Trinajstić information content (AvgIpc) is 2.85. The third kappa shape index (κ3) is 1.99. The van der Waals surface area contributed by atoms with Gasteiger partial charge in [-0.25, -0.2) is 4.40 Å². The molecule has 0 aliphatic heterocycles. The van der Waals surface area contributed by atoms with Crippen LogP contribution in [0, 0.1) is 0 Å². The zero-order valence-corrected chi connectivity index (χ0v) is 10.4. The first-order chi connectivity index (χ1) is 9.29. The maximum atomic E-state index is 9.82. The monoisotopic (exact) mass is 255 g/mol. The van der Waals surface area contributed by atoms with Crippen LogP contribution in [-0.4, -0.2) is 26.8 Å². The number of aromatic hydroxyl groups is 1. The molecule has 0 atom stereocenters. The Kier molecular flexibility index (Phi) is 2.79. The van der Waals surface area contributed by atoms with Crippen LogP contribution in [0.5, 0.6) is 11.6 Å². The largest absolute Gasteiger partial charge is 0.508 e. The number of aromatic nitrogens is 3. The van der Waals surface area contributed by atoms with Gasteiger partial charge in [0.15, 0.2) is 5.65 Å².